The van der Waals surface area contributed by atoms with E-state index in [0.29, 0.717) is 11.4 Å². The van der Waals surface area contributed by atoms with Gasteiger partial charge in [0.05, 0.1) is 7.11 Å². The van der Waals surface area contributed by atoms with Crippen molar-refractivity contribution in [2.75, 3.05) is 7.11 Å². The Hall–Kier alpha value is -0.730. The zero-order chi connectivity index (χ0) is 11.4. The molecule has 0 fully saturated rings. The number of carbonyl (C=O) groups excluding carboxylic acids is 1. The van der Waals surface area contributed by atoms with Crippen LogP contribution in [0.4, 0.5) is 0 Å². The van der Waals surface area contributed by atoms with E-state index in [1.54, 1.807) is 6.07 Å². The first-order valence-electron chi connectivity index (χ1n) is 4.51. The quantitative estimate of drug-likeness (QED) is 0.606. The summed E-state index contributed by atoms with van der Waals surface area (Å²) in [4.78, 5) is 11.1. The molecule has 1 atom stereocenters. The Kier molecular flexibility index (Phi) is 4.43. The summed E-state index contributed by atoms with van der Waals surface area (Å²) in [6.07, 6.45) is 0.384. The molecule has 1 aromatic carbocycles. The molecule has 2 nitrogen and oxygen atoms in total. The van der Waals surface area contributed by atoms with Gasteiger partial charge in [-0.2, -0.15) is 0 Å². The minimum Gasteiger partial charge on any atom is -0.468 e. The summed E-state index contributed by atoms with van der Waals surface area (Å²) in [7, 11) is 1.32. The largest absolute Gasteiger partial charge is 0.468 e. The number of esters is 1. The van der Waals surface area contributed by atoms with Crippen LogP contribution in [-0.2, 0) is 16.0 Å². The summed E-state index contributed by atoms with van der Waals surface area (Å²) in [6, 6.07) is 5.63. The topological polar surface area (TPSA) is 26.3 Å². The Balaban J connectivity index is 2.80. The summed E-state index contributed by atoms with van der Waals surface area (Å²) in [5, 5.41) is -0.0653. The lowest BCUT2D eigenvalue weighted by atomic mass is 10.1. The average Bonchev–Trinajstić information content (AvgIpc) is 2.22. The first-order chi connectivity index (χ1) is 7.04. The van der Waals surface area contributed by atoms with Gasteiger partial charge in [-0.3, -0.25) is 4.79 Å². The normalized spacial score (nSPS) is 12.3. The SMILES string of the molecule is COC(=O)C(Cl)Cc1cc(C)ccc1Cl. The van der Waals surface area contributed by atoms with Gasteiger partial charge in [0.2, 0.25) is 0 Å². The molecule has 15 heavy (non-hydrogen) atoms. The fourth-order valence-electron chi connectivity index (χ4n) is 1.26. The third kappa shape index (κ3) is 3.40. The molecule has 0 spiro atoms. The molecule has 1 unspecified atom stereocenters. The van der Waals surface area contributed by atoms with Crippen LogP contribution in [0.1, 0.15) is 11.1 Å². The molecule has 0 heterocycles. The lowest BCUT2D eigenvalue weighted by Gasteiger charge is -2.09. The molecule has 4 heteroatoms. The number of ether oxygens (including phenoxy) is 1. The first-order valence-corrected chi connectivity index (χ1v) is 5.33. The maximum atomic E-state index is 11.1. The molecule has 1 rings (SSSR count). The molecule has 1 aromatic rings. The molecule has 0 aliphatic carbocycles. The second-order valence-corrected chi connectivity index (χ2v) is 4.22. The van der Waals surface area contributed by atoms with Crippen molar-refractivity contribution in [2.24, 2.45) is 0 Å². The number of rotatable bonds is 3. The average molecular weight is 247 g/mol. The fraction of sp³-hybridized carbons (Fsp3) is 0.364. The van der Waals surface area contributed by atoms with Crippen LogP contribution in [-0.4, -0.2) is 18.5 Å². The summed E-state index contributed by atoms with van der Waals surface area (Å²) in [5.74, 6) is -0.436. The number of halogens is 2. The fourth-order valence-corrected chi connectivity index (χ4v) is 1.71. The van der Waals surface area contributed by atoms with Gasteiger partial charge in [0, 0.05) is 11.4 Å². The van der Waals surface area contributed by atoms with E-state index in [1.165, 1.54) is 7.11 Å². The van der Waals surface area contributed by atoms with Crippen molar-refractivity contribution in [1.82, 2.24) is 0 Å². The highest BCUT2D eigenvalue weighted by molar-refractivity contribution is 6.32. The van der Waals surface area contributed by atoms with Crippen LogP contribution in [0.5, 0.6) is 0 Å². The number of alkyl halides is 1. The zero-order valence-electron chi connectivity index (χ0n) is 8.59. The number of methoxy groups -OCH3 is 1. The van der Waals surface area contributed by atoms with E-state index in [-0.39, 0.29) is 0 Å². The zero-order valence-corrected chi connectivity index (χ0v) is 10.1. The van der Waals surface area contributed by atoms with Crippen LogP contribution < -0.4 is 0 Å². The van der Waals surface area contributed by atoms with Crippen LogP contribution in [0.2, 0.25) is 5.02 Å². The Morgan fingerprint density at radius 2 is 2.20 bits per heavy atom. The van der Waals surface area contributed by atoms with Crippen LogP contribution in [0.3, 0.4) is 0 Å². The summed E-state index contributed by atoms with van der Waals surface area (Å²) < 4.78 is 4.54. The maximum Gasteiger partial charge on any atom is 0.324 e. The highest BCUT2D eigenvalue weighted by Gasteiger charge is 2.17. The van der Waals surface area contributed by atoms with Gasteiger partial charge in [0.1, 0.15) is 5.38 Å². The Morgan fingerprint density at radius 1 is 1.53 bits per heavy atom. The molecule has 0 N–H and O–H groups in total. The van der Waals surface area contributed by atoms with E-state index >= 15 is 0 Å². The Morgan fingerprint density at radius 3 is 2.80 bits per heavy atom. The number of hydrogen-bond donors (Lipinski definition) is 0. The molecule has 0 aromatic heterocycles. The van der Waals surface area contributed by atoms with E-state index in [9.17, 15) is 4.79 Å². The first kappa shape index (κ1) is 12.3. The minimum absolute atomic E-state index is 0.384. The molecule has 0 aliphatic rings. The lowest BCUT2D eigenvalue weighted by molar-refractivity contribution is -0.140. The second-order valence-electron chi connectivity index (χ2n) is 3.29. The number of aryl methyl sites for hydroxylation is 1. The molecule has 82 valence electrons. The highest BCUT2D eigenvalue weighted by Crippen LogP contribution is 2.20. The van der Waals surface area contributed by atoms with E-state index in [1.807, 2.05) is 19.1 Å². The van der Waals surface area contributed by atoms with Gasteiger partial charge in [0.25, 0.3) is 0 Å². The third-order valence-corrected chi connectivity index (χ3v) is 2.76. The van der Waals surface area contributed by atoms with Gasteiger partial charge in [0.15, 0.2) is 0 Å². The minimum atomic E-state index is -0.686. The predicted molar refractivity (Wildman–Crippen MR) is 61.6 cm³/mol. The Bertz CT molecular complexity index is 364. The number of carbonyl (C=O) groups is 1. The molecule has 0 saturated carbocycles. The maximum absolute atomic E-state index is 11.1. The van der Waals surface area contributed by atoms with Crippen LogP contribution in [0.15, 0.2) is 18.2 Å². The highest BCUT2D eigenvalue weighted by atomic mass is 35.5. The van der Waals surface area contributed by atoms with E-state index in [2.05, 4.69) is 4.74 Å². The van der Waals surface area contributed by atoms with E-state index in [0.717, 1.165) is 11.1 Å². The van der Waals surface area contributed by atoms with E-state index < -0.39 is 11.3 Å². The molecule has 0 aliphatic heterocycles. The van der Waals surface area contributed by atoms with Gasteiger partial charge in [-0.05, 0) is 18.6 Å². The number of benzene rings is 1. The van der Waals surface area contributed by atoms with Crippen LogP contribution in [0, 0.1) is 6.92 Å². The third-order valence-electron chi connectivity index (χ3n) is 2.06. The van der Waals surface area contributed by atoms with Crippen molar-refractivity contribution < 1.29 is 9.53 Å². The number of hydrogen-bond acceptors (Lipinski definition) is 2. The predicted octanol–water partition coefficient (Wildman–Crippen LogP) is 2.97. The summed E-state index contributed by atoms with van der Waals surface area (Å²) in [5.41, 5.74) is 1.95. The smallest absolute Gasteiger partial charge is 0.324 e. The van der Waals surface area contributed by atoms with Crippen molar-refractivity contribution in [3.63, 3.8) is 0 Å². The molecule has 0 amide bonds. The molecular formula is C11H12Cl2O2. The van der Waals surface area contributed by atoms with Crippen molar-refractivity contribution >= 4 is 29.2 Å². The van der Waals surface area contributed by atoms with Gasteiger partial charge < -0.3 is 4.74 Å². The van der Waals surface area contributed by atoms with E-state index in [4.69, 9.17) is 23.2 Å². The molecular weight excluding hydrogens is 235 g/mol. The van der Waals surface area contributed by atoms with Crippen molar-refractivity contribution in [3.8, 4) is 0 Å². The summed E-state index contributed by atoms with van der Waals surface area (Å²) in [6.45, 7) is 1.96. The van der Waals surface area contributed by atoms with Crippen molar-refractivity contribution in [3.05, 3.63) is 34.3 Å². The lowest BCUT2D eigenvalue weighted by Crippen LogP contribution is -2.18. The van der Waals surface area contributed by atoms with Crippen LogP contribution >= 0.6 is 23.2 Å². The van der Waals surface area contributed by atoms with Gasteiger partial charge in [-0.15, -0.1) is 11.6 Å². The monoisotopic (exact) mass is 246 g/mol. The van der Waals surface area contributed by atoms with Gasteiger partial charge in [-0.25, -0.2) is 0 Å². The second kappa shape index (κ2) is 5.38. The molecule has 0 radical (unpaired) electrons. The molecule has 0 saturated heterocycles. The Labute approximate surface area is 99.1 Å². The van der Waals surface area contributed by atoms with Gasteiger partial charge in [-0.1, -0.05) is 29.3 Å². The standard InChI is InChI=1S/C11H12Cl2O2/c1-7-3-4-9(12)8(5-7)6-10(13)11(14)15-2/h3-5,10H,6H2,1-2H3. The van der Waals surface area contributed by atoms with Crippen molar-refractivity contribution in [1.29, 1.82) is 0 Å². The van der Waals surface area contributed by atoms with Gasteiger partial charge >= 0.3 is 5.97 Å². The van der Waals surface area contributed by atoms with Crippen molar-refractivity contribution in [2.45, 2.75) is 18.7 Å². The summed E-state index contributed by atoms with van der Waals surface area (Å²) >= 11 is 11.8. The molecule has 0 bridgehead atoms. The van der Waals surface area contributed by atoms with Crippen LogP contribution in [0.25, 0.3) is 0 Å².